The maximum atomic E-state index is 13.5. The van der Waals surface area contributed by atoms with E-state index in [-0.39, 0.29) is 18.1 Å². The normalized spacial score (nSPS) is 14.3. The summed E-state index contributed by atoms with van der Waals surface area (Å²) in [5, 5.41) is 13.8. The standard InChI is InChI=1S/C25H26ClN3O6S/c1-16-7-3-6-10-23(16)36(32,33)28-25(31)27-20(13-17-8-4-5-9-19(17)26)24(30)29(2)18-11-12-21-22(14-18)35-15-34-21/h3-12,14,20,25,27-28,31H,13,15H2,1-2H3/t20-,25?/m0/s1. The zero-order valence-corrected chi connectivity index (χ0v) is 21.2. The molecule has 1 heterocycles. The highest BCUT2D eigenvalue weighted by molar-refractivity contribution is 7.89. The van der Waals surface area contributed by atoms with Crippen molar-refractivity contribution in [2.45, 2.75) is 30.6 Å². The first kappa shape index (κ1) is 25.9. The van der Waals surface area contributed by atoms with Crippen LogP contribution in [0.2, 0.25) is 5.02 Å². The van der Waals surface area contributed by atoms with Gasteiger partial charge in [-0.15, -0.1) is 0 Å². The first-order valence-electron chi connectivity index (χ1n) is 11.1. The molecule has 0 fully saturated rings. The zero-order valence-electron chi connectivity index (χ0n) is 19.6. The van der Waals surface area contributed by atoms with Crippen molar-refractivity contribution in [1.82, 2.24) is 10.0 Å². The second-order valence-corrected chi connectivity index (χ2v) is 10.3. The van der Waals surface area contributed by atoms with Crippen LogP contribution in [0.15, 0.2) is 71.6 Å². The maximum Gasteiger partial charge on any atom is 0.244 e. The number of aliphatic hydroxyl groups excluding tert-OH is 1. The second-order valence-electron chi connectivity index (χ2n) is 8.24. The molecule has 0 saturated carbocycles. The predicted octanol–water partition coefficient (Wildman–Crippen LogP) is 2.80. The van der Waals surface area contributed by atoms with Gasteiger partial charge in [0.05, 0.1) is 10.9 Å². The Hall–Kier alpha value is -3.15. The Morgan fingerprint density at radius 3 is 2.53 bits per heavy atom. The van der Waals surface area contributed by atoms with E-state index in [1.165, 1.54) is 11.0 Å². The van der Waals surface area contributed by atoms with E-state index in [1.54, 1.807) is 74.6 Å². The molecule has 0 radical (unpaired) electrons. The van der Waals surface area contributed by atoms with E-state index >= 15 is 0 Å². The quantitative estimate of drug-likeness (QED) is 0.363. The Balaban J connectivity index is 1.57. The largest absolute Gasteiger partial charge is 0.454 e. The Morgan fingerprint density at radius 1 is 1.08 bits per heavy atom. The average Bonchev–Trinajstić information content (AvgIpc) is 3.32. The molecule has 2 atom stereocenters. The molecule has 11 heteroatoms. The molecule has 1 amide bonds. The van der Waals surface area contributed by atoms with Crippen LogP contribution in [0.3, 0.4) is 0 Å². The molecule has 3 aromatic rings. The third kappa shape index (κ3) is 5.80. The van der Waals surface area contributed by atoms with Crippen LogP contribution in [0.5, 0.6) is 11.5 Å². The van der Waals surface area contributed by atoms with Crippen LogP contribution in [-0.4, -0.2) is 45.7 Å². The molecule has 0 bridgehead atoms. The smallest absolute Gasteiger partial charge is 0.244 e. The number of halogens is 1. The number of amides is 1. The molecule has 36 heavy (non-hydrogen) atoms. The summed E-state index contributed by atoms with van der Waals surface area (Å²) in [6, 6.07) is 17.4. The molecule has 0 saturated heterocycles. The van der Waals surface area contributed by atoms with Gasteiger partial charge in [0.25, 0.3) is 0 Å². The molecule has 4 rings (SSSR count). The second kappa shape index (κ2) is 10.9. The van der Waals surface area contributed by atoms with Crippen LogP contribution >= 0.6 is 11.6 Å². The van der Waals surface area contributed by atoms with Crippen LogP contribution in [0, 0.1) is 6.92 Å². The summed E-state index contributed by atoms with van der Waals surface area (Å²) in [5.74, 6) is 0.656. The molecule has 1 aliphatic rings. The zero-order chi connectivity index (χ0) is 25.9. The summed E-state index contributed by atoms with van der Waals surface area (Å²) >= 11 is 6.32. The molecule has 190 valence electrons. The number of benzene rings is 3. The fourth-order valence-electron chi connectivity index (χ4n) is 3.85. The number of carbonyl (C=O) groups excluding carboxylic acids is 1. The van der Waals surface area contributed by atoms with E-state index in [4.69, 9.17) is 21.1 Å². The number of likely N-dealkylation sites (N-methyl/N-ethyl adjacent to an activating group) is 1. The molecule has 1 unspecified atom stereocenters. The number of nitrogens with one attached hydrogen (secondary N) is 2. The SMILES string of the molecule is Cc1ccccc1S(=O)(=O)NC(O)N[C@@H](Cc1ccccc1Cl)C(=O)N(C)c1ccc2c(c1)OCO2. The number of aryl methyl sites for hydroxylation is 1. The molecular weight excluding hydrogens is 506 g/mol. The van der Waals surface area contributed by atoms with Gasteiger partial charge in [0.1, 0.15) is 0 Å². The Bertz CT molecular complexity index is 1370. The summed E-state index contributed by atoms with van der Waals surface area (Å²) in [7, 11) is -2.49. The van der Waals surface area contributed by atoms with Crippen molar-refractivity contribution in [2.24, 2.45) is 0 Å². The van der Waals surface area contributed by atoms with E-state index in [0.717, 1.165) is 0 Å². The van der Waals surface area contributed by atoms with Crippen molar-refractivity contribution in [3.8, 4) is 11.5 Å². The number of fused-ring (bicyclic) bond motifs is 1. The summed E-state index contributed by atoms with van der Waals surface area (Å²) in [4.78, 5) is 15.0. The highest BCUT2D eigenvalue weighted by Crippen LogP contribution is 2.35. The number of ether oxygens (including phenoxy) is 2. The van der Waals surface area contributed by atoms with Crippen molar-refractivity contribution in [3.63, 3.8) is 0 Å². The minimum absolute atomic E-state index is 0.0253. The van der Waals surface area contributed by atoms with Gasteiger partial charge in [0, 0.05) is 23.8 Å². The monoisotopic (exact) mass is 531 g/mol. The number of hydrogen-bond acceptors (Lipinski definition) is 7. The van der Waals surface area contributed by atoms with Gasteiger partial charge in [-0.05, 0) is 48.7 Å². The average molecular weight is 532 g/mol. The minimum Gasteiger partial charge on any atom is -0.454 e. The Morgan fingerprint density at radius 2 is 1.78 bits per heavy atom. The lowest BCUT2D eigenvalue weighted by molar-refractivity contribution is -0.121. The molecule has 0 aliphatic carbocycles. The van der Waals surface area contributed by atoms with Crippen molar-refractivity contribution in [3.05, 3.63) is 82.9 Å². The van der Waals surface area contributed by atoms with Gasteiger partial charge in [-0.25, -0.2) is 8.42 Å². The highest BCUT2D eigenvalue weighted by Gasteiger charge is 2.29. The molecule has 1 aliphatic heterocycles. The van der Waals surface area contributed by atoms with Crippen LogP contribution in [-0.2, 0) is 21.2 Å². The Kier molecular flexibility index (Phi) is 7.82. The number of anilines is 1. The third-order valence-electron chi connectivity index (χ3n) is 5.76. The van der Waals surface area contributed by atoms with E-state index in [2.05, 4.69) is 10.0 Å². The molecule has 9 nitrogen and oxygen atoms in total. The van der Waals surface area contributed by atoms with E-state index < -0.39 is 28.3 Å². The first-order chi connectivity index (χ1) is 17.2. The molecular formula is C25H26ClN3O6S. The number of rotatable bonds is 9. The van der Waals surface area contributed by atoms with Crippen molar-refractivity contribution < 1.29 is 27.8 Å². The maximum absolute atomic E-state index is 13.5. The summed E-state index contributed by atoms with van der Waals surface area (Å²) < 4.78 is 38.6. The minimum atomic E-state index is -4.07. The van der Waals surface area contributed by atoms with Gasteiger partial charge in [-0.3, -0.25) is 10.1 Å². The summed E-state index contributed by atoms with van der Waals surface area (Å²) in [5.41, 5.74) is 1.70. The lowest BCUT2D eigenvalue weighted by Crippen LogP contribution is -2.55. The van der Waals surface area contributed by atoms with Gasteiger partial charge < -0.3 is 19.5 Å². The van der Waals surface area contributed by atoms with Gasteiger partial charge >= 0.3 is 0 Å². The molecule has 3 aromatic carbocycles. The number of sulfonamides is 1. The number of carbonyl (C=O) groups is 1. The fourth-order valence-corrected chi connectivity index (χ4v) is 5.30. The number of hydrogen-bond donors (Lipinski definition) is 3. The molecule has 0 spiro atoms. The van der Waals surface area contributed by atoms with E-state index in [1.807, 2.05) is 0 Å². The fraction of sp³-hybridized carbons (Fsp3) is 0.240. The topological polar surface area (TPSA) is 117 Å². The van der Waals surface area contributed by atoms with Gasteiger partial charge in [0.2, 0.25) is 22.7 Å². The van der Waals surface area contributed by atoms with Gasteiger partial charge in [0.15, 0.2) is 17.9 Å². The number of aliphatic hydroxyl groups is 1. The van der Waals surface area contributed by atoms with Crippen LogP contribution in [0.4, 0.5) is 5.69 Å². The van der Waals surface area contributed by atoms with E-state index in [9.17, 15) is 18.3 Å². The van der Waals surface area contributed by atoms with Crippen molar-refractivity contribution in [2.75, 3.05) is 18.7 Å². The molecule has 3 N–H and O–H groups in total. The van der Waals surface area contributed by atoms with Gasteiger partial charge in [-0.1, -0.05) is 48.0 Å². The van der Waals surface area contributed by atoms with Crippen molar-refractivity contribution in [1.29, 1.82) is 0 Å². The molecule has 0 aromatic heterocycles. The lowest BCUT2D eigenvalue weighted by atomic mass is 10.0. The van der Waals surface area contributed by atoms with Gasteiger partial charge in [-0.2, -0.15) is 4.72 Å². The first-order valence-corrected chi connectivity index (χ1v) is 12.9. The predicted molar refractivity (Wildman–Crippen MR) is 136 cm³/mol. The highest BCUT2D eigenvalue weighted by atomic mass is 35.5. The van der Waals surface area contributed by atoms with Crippen LogP contribution in [0.25, 0.3) is 0 Å². The van der Waals surface area contributed by atoms with Crippen LogP contribution in [0.1, 0.15) is 11.1 Å². The summed E-state index contributed by atoms with van der Waals surface area (Å²) in [6.45, 7) is 1.75. The van der Waals surface area contributed by atoms with Crippen LogP contribution < -0.4 is 24.4 Å². The number of nitrogens with zero attached hydrogens (tertiary/aromatic N) is 1. The summed E-state index contributed by atoms with van der Waals surface area (Å²) in [6.07, 6.45) is -1.66. The third-order valence-corrected chi connectivity index (χ3v) is 7.70. The lowest BCUT2D eigenvalue weighted by Gasteiger charge is -2.27. The van der Waals surface area contributed by atoms with Crippen molar-refractivity contribution >= 4 is 33.2 Å². The Labute approximate surface area is 214 Å². The van der Waals surface area contributed by atoms with E-state index in [0.29, 0.717) is 33.3 Å².